The van der Waals surface area contributed by atoms with Crippen molar-refractivity contribution in [2.75, 3.05) is 13.7 Å². The number of carbonyl (C=O) groups excluding carboxylic acids is 2. The summed E-state index contributed by atoms with van der Waals surface area (Å²) in [6.45, 7) is 2.84. The van der Waals surface area contributed by atoms with E-state index < -0.39 is 29.3 Å². The standard InChI is InChI=1S/C16H17F3N2O3/c1-4-24-14(23)12-10(2)21(3)15(16(17,18)19,20-13(12)22)11-8-6-5-7-9-11/h5-9H,4H2,1-3H3,(H,20,22)/t15-/m0/s1. The zero-order valence-corrected chi connectivity index (χ0v) is 13.4. The highest BCUT2D eigenvalue weighted by molar-refractivity contribution is 6.17. The summed E-state index contributed by atoms with van der Waals surface area (Å²) in [6, 6.07) is 7.01. The van der Waals surface area contributed by atoms with Crippen LogP contribution in [0.1, 0.15) is 19.4 Å². The molecule has 24 heavy (non-hydrogen) atoms. The van der Waals surface area contributed by atoms with Crippen molar-refractivity contribution in [2.24, 2.45) is 0 Å². The first-order chi connectivity index (χ1) is 11.2. The summed E-state index contributed by atoms with van der Waals surface area (Å²) in [7, 11) is 1.18. The van der Waals surface area contributed by atoms with Gasteiger partial charge in [0.25, 0.3) is 5.91 Å². The highest BCUT2D eigenvalue weighted by atomic mass is 19.4. The summed E-state index contributed by atoms with van der Waals surface area (Å²) in [6.07, 6.45) is -4.82. The number of ether oxygens (including phenoxy) is 1. The van der Waals surface area contributed by atoms with E-state index in [9.17, 15) is 22.8 Å². The minimum absolute atomic E-state index is 0.00963. The number of alkyl halides is 3. The average molecular weight is 342 g/mol. The maximum Gasteiger partial charge on any atom is 0.435 e. The number of amides is 1. The maximum absolute atomic E-state index is 14.0. The lowest BCUT2D eigenvalue weighted by atomic mass is 9.92. The van der Waals surface area contributed by atoms with Crippen LogP contribution in [0.3, 0.4) is 0 Å². The Kier molecular flexibility index (Phi) is 4.59. The first kappa shape index (κ1) is 17.8. The summed E-state index contributed by atoms with van der Waals surface area (Å²) in [5, 5.41) is 1.96. The van der Waals surface area contributed by atoms with Gasteiger partial charge in [-0.3, -0.25) is 4.79 Å². The van der Waals surface area contributed by atoms with Crippen LogP contribution in [-0.2, 0) is 20.0 Å². The van der Waals surface area contributed by atoms with Crippen LogP contribution in [-0.4, -0.2) is 36.6 Å². The molecule has 1 atom stereocenters. The van der Waals surface area contributed by atoms with Crippen molar-refractivity contribution >= 4 is 11.9 Å². The first-order valence-corrected chi connectivity index (χ1v) is 7.23. The molecule has 0 radical (unpaired) electrons. The SMILES string of the molecule is CCOC(=O)C1=C(C)N(C)[C@@](c2ccccc2)(C(F)(F)F)NC1=O. The molecule has 0 fully saturated rings. The smallest absolute Gasteiger partial charge is 0.435 e. The van der Waals surface area contributed by atoms with Crippen molar-refractivity contribution in [3.05, 3.63) is 47.2 Å². The molecule has 130 valence electrons. The number of benzene rings is 1. The number of allylic oxidation sites excluding steroid dienone is 1. The van der Waals surface area contributed by atoms with Crippen LogP contribution >= 0.6 is 0 Å². The Balaban J connectivity index is 2.66. The number of nitrogens with zero attached hydrogens (tertiary/aromatic N) is 1. The normalized spacial score (nSPS) is 21.6. The number of rotatable bonds is 3. The van der Waals surface area contributed by atoms with Gasteiger partial charge in [0, 0.05) is 18.3 Å². The Labute approximate surface area is 137 Å². The maximum atomic E-state index is 14.0. The van der Waals surface area contributed by atoms with Crippen LogP contribution in [0.2, 0.25) is 0 Å². The number of nitrogens with one attached hydrogen (secondary N) is 1. The fraction of sp³-hybridized carbons (Fsp3) is 0.375. The lowest BCUT2D eigenvalue weighted by Gasteiger charge is -2.48. The molecule has 0 bridgehead atoms. The molecule has 1 N–H and O–H groups in total. The number of hydrogen-bond donors (Lipinski definition) is 1. The number of hydrogen-bond acceptors (Lipinski definition) is 4. The zero-order chi connectivity index (χ0) is 18.1. The number of esters is 1. The fourth-order valence-corrected chi connectivity index (χ4v) is 2.71. The van der Waals surface area contributed by atoms with E-state index in [2.05, 4.69) is 0 Å². The van der Waals surface area contributed by atoms with Crippen LogP contribution in [0.4, 0.5) is 13.2 Å². The number of halogens is 3. The van der Waals surface area contributed by atoms with Crippen LogP contribution in [0.25, 0.3) is 0 Å². The molecule has 1 aliphatic heterocycles. The van der Waals surface area contributed by atoms with Crippen molar-refractivity contribution in [1.29, 1.82) is 0 Å². The van der Waals surface area contributed by atoms with Crippen molar-refractivity contribution in [1.82, 2.24) is 10.2 Å². The Hall–Kier alpha value is -2.51. The van der Waals surface area contributed by atoms with E-state index in [1.165, 1.54) is 38.2 Å². The van der Waals surface area contributed by atoms with Gasteiger partial charge in [-0.2, -0.15) is 13.2 Å². The molecular weight excluding hydrogens is 325 g/mol. The second-order valence-corrected chi connectivity index (χ2v) is 5.27. The van der Waals surface area contributed by atoms with Gasteiger partial charge in [-0.15, -0.1) is 0 Å². The molecular formula is C16H17F3N2O3. The van der Waals surface area contributed by atoms with Crippen LogP contribution in [0.5, 0.6) is 0 Å². The molecule has 1 heterocycles. The topological polar surface area (TPSA) is 58.6 Å². The van der Waals surface area contributed by atoms with Gasteiger partial charge in [-0.1, -0.05) is 30.3 Å². The van der Waals surface area contributed by atoms with E-state index in [0.29, 0.717) is 0 Å². The quantitative estimate of drug-likeness (QED) is 0.676. The highest BCUT2D eigenvalue weighted by Gasteiger charge is 2.62. The van der Waals surface area contributed by atoms with E-state index in [4.69, 9.17) is 4.74 Å². The van der Waals surface area contributed by atoms with E-state index in [0.717, 1.165) is 4.90 Å². The molecule has 1 aliphatic rings. The molecule has 0 aromatic heterocycles. The van der Waals surface area contributed by atoms with Gasteiger partial charge in [0.2, 0.25) is 5.66 Å². The van der Waals surface area contributed by atoms with Gasteiger partial charge in [-0.25, -0.2) is 4.79 Å². The Morgan fingerprint density at radius 2 is 1.88 bits per heavy atom. The molecule has 8 heteroatoms. The van der Waals surface area contributed by atoms with Crippen molar-refractivity contribution < 1.29 is 27.5 Å². The molecule has 0 saturated heterocycles. The number of carbonyl (C=O) groups is 2. The van der Waals surface area contributed by atoms with Crippen LogP contribution in [0, 0.1) is 0 Å². The van der Waals surface area contributed by atoms with E-state index in [1.54, 1.807) is 13.0 Å². The van der Waals surface area contributed by atoms with Crippen LogP contribution < -0.4 is 5.32 Å². The van der Waals surface area contributed by atoms with Gasteiger partial charge in [-0.05, 0) is 13.8 Å². The second kappa shape index (κ2) is 6.18. The van der Waals surface area contributed by atoms with E-state index in [1.807, 2.05) is 5.32 Å². The summed E-state index contributed by atoms with van der Waals surface area (Å²) in [5.74, 6) is -2.08. The Morgan fingerprint density at radius 3 is 2.38 bits per heavy atom. The predicted octanol–water partition coefficient (Wildman–Crippen LogP) is 2.30. The molecule has 0 spiro atoms. The molecule has 0 aliphatic carbocycles. The lowest BCUT2D eigenvalue weighted by Crippen LogP contribution is -2.67. The third-order valence-corrected chi connectivity index (χ3v) is 3.97. The van der Waals surface area contributed by atoms with E-state index >= 15 is 0 Å². The monoisotopic (exact) mass is 342 g/mol. The van der Waals surface area contributed by atoms with Gasteiger partial charge >= 0.3 is 12.1 Å². The van der Waals surface area contributed by atoms with Gasteiger partial charge in [0.05, 0.1) is 6.61 Å². The molecule has 5 nitrogen and oxygen atoms in total. The predicted molar refractivity (Wildman–Crippen MR) is 79.4 cm³/mol. The third-order valence-electron chi connectivity index (χ3n) is 3.97. The Bertz CT molecular complexity index is 686. The zero-order valence-electron chi connectivity index (χ0n) is 13.4. The lowest BCUT2D eigenvalue weighted by molar-refractivity contribution is -0.242. The average Bonchev–Trinajstić information content (AvgIpc) is 2.51. The molecule has 1 amide bonds. The molecule has 1 aromatic carbocycles. The summed E-state index contributed by atoms with van der Waals surface area (Å²) < 4.78 is 46.6. The molecule has 2 rings (SSSR count). The first-order valence-electron chi connectivity index (χ1n) is 7.23. The third kappa shape index (κ3) is 2.61. The Morgan fingerprint density at radius 1 is 1.29 bits per heavy atom. The summed E-state index contributed by atoms with van der Waals surface area (Å²) >= 11 is 0. The minimum Gasteiger partial charge on any atom is -0.462 e. The largest absolute Gasteiger partial charge is 0.462 e. The fourth-order valence-electron chi connectivity index (χ4n) is 2.71. The van der Waals surface area contributed by atoms with Crippen molar-refractivity contribution in [3.8, 4) is 0 Å². The molecule has 0 unspecified atom stereocenters. The van der Waals surface area contributed by atoms with Crippen LogP contribution in [0.15, 0.2) is 41.6 Å². The van der Waals surface area contributed by atoms with Gasteiger partial charge in [0.1, 0.15) is 5.57 Å². The van der Waals surface area contributed by atoms with Gasteiger partial charge < -0.3 is 15.0 Å². The second-order valence-electron chi connectivity index (χ2n) is 5.27. The molecule has 1 aromatic rings. The van der Waals surface area contributed by atoms with Crippen molar-refractivity contribution in [2.45, 2.75) is 25.7 Å². The van der Waals surface area contributed by atoms with E-state index in [-0.39, 0.29) is 17.9 Å². The highest BCUT2D eigenvalue weighted by Crippen LogP contribution is 2.45. The summed E-state index contributed by atoms with van der Waals surface area (Å²) in [4.78, 5) is 25.1. The van der Waals surface area contributed by atoms with Gasteiger partial charge in [0.15, 0.2) is 0 Å². The van der Waals surface area contributed by atoms with Crippen molar-refractivity contribution in [3.63, 3.8) is 0 Å². The summed E-state index contributed by atoms with van der Waals surface area (Å²) in [5.41, 5.74) is -3.46. The minimum atomic E-state index is -4.82. The molecule has 0 saturated carbocycles.